The number of nitrogens with zero attached hydrogens (tertiary/aromatic N) is 2. The Morgan fingerprint density at radius 3 is 3.10 bits per heavy atom. The van der Waals surface area contributed by atoms with E-state index in [1.54, 1.807) is 33.5 Å². The number of benzene rings is 1. The number of aromatic nitrogens is 1. The lowest BCUT2D eigenvalue weighted by atomic mass is 10.0. The Balaban J connectivity index is 1.77. The largest absolute Gasteiger partial charge is 0.339 e. The van der Waals surface area contributed by atoms with Crippen LogP contribution < -0.4 is 0 Å². The summed E-state index contributed by atoms with van der Waals surface area (Å²) in [4.78, 5) is 18.7. The second kappa shape index (κ2) is 5.97. The highest BCUT2D eigenvalue weighted by Gasteiger charge is 2.29. The van der Waals surface area contributed by atoms with Crippen molar-refractivity contribution in [3.05, 3.63) is 52.0 Å². The first-order valence-corrected chi connectivity index (χ1v) is 8.56. The summed E-state index contributed by atoms with van der Waals surface area (Å²) in [5.41, 5.74) is 5.25. The molecule has 1 aliphatic rings. The number of carbonyl (C=O) groups excluding carboxylic acids is 1. The SMILES string of the molecule is CN(Cc1cscn1)C(=O)[C@@H]1SCCc2ccccc21. The normalized spacial score (nSPS) is 17.6. The van der Waals surface area contributed by atoms with Crippen LogP contribution in [0.3, 0.4) is 0 Å². The maximum atomic E-state index is 12.7. The van der Waals surface area contributed by atoms with Crippen LogP contribution in [0.5, 0.6) is 0 Å². The fourth-order valence-electron chi connectivity index (χ4n) is 2.44. The molecule has 0 aliphatic carbocycles. The maximum absolute atomic E-state index is 12.7. The number of likely N-dealkylation sites (N-methyl/N-ethyl adjacent to an activating group) is 1. The van der Waals surface area contributed by atoms with Crippen molar-refractivity contribution in [2.24, 2.45) is 0 Å². The molecule has 2 heterocycles. The van der Waals surface area contributed by atoms with Gasteiger partial charge in [-0.2, -0.15) is 0 Å². The molecule has 0 saturated carbocycles. The van der Waals surface area contributed by atoms with E-state index in [1.807, 2.05) is 18.5 Å². The minimum atomic E-state index is -0.0661. The molecule has 0 N–H and O–H groups in total. The highest BCUT2D eigenvalue weighted by molar-refractivity contribution is 8.00. The summed E-state index contributed by atoms with van der Waals surface area (Å²) in [6, 6.07) is 8.29. The molecule has 0 spiro atoms. The smallest absolute Gasteiger partial charge is 0.240 e. The van der Waals surface area contributed by atoms with Gasteiger partial charge in [0.05, 0.1) is 17.7 Å². The Morgan fingerprint density at radius 1 is 1.45 bits per heavy atom. The van der Waals surface area contributed by atoms with Crippen molar-refractivity contribution in [2.75, 3.05) is 12.8 Å². The minimum Gasteiger partial charge on any atom is -0.339 e. The molecular formula is C15H16N2OS2. The van der Waals surface area contributed by atoms with Gasteiger partial charge in [-0.05, 0) is 23.3 Å². The van der Waals surface area contributed by atoms with Crippen molar-refractivity contribution < 1.29 is 4.79 Å². The number of thioether (sulfide) groups is 1. The Kier molecular flexibility index (Phi) is 4.08. The fourth-order valence-corrected chi connectivity index (χ4v) is 4.29. The van der Waals surface area contributed by atoms with Gasteiger partial charge in [-0.1, -0.05) is 24.3 Å². The van der Waals surface area contributed by atoms with Crippen LogP contribution in [0.25, 0.3) is 0 Å². The molecule has 3 rings (SSSR count). The molecule has 2 aromatic rings. The van der Waals surface area contributed by atoms with Crippen molar-refractivity contribution in [3.8, 4) is 0 Å². The van der Waals surface area contributed by atoms with Crippen molar-refractivity contribution in [2.45, 2.75) is 18.2 Å². The molecule has 5 heteroatoms. The Hall–Kier alpha value is -1.33. The number of carbonyl (C=O) groups is 1. The molecule has 1 aromatic heterocycles. The molecule has 1 aromatic carbocycles. The third kappa shape index (κ3) is 2.74. The van der Waals surface area contributed by atoms with Gasteiger partial charge in [0.25, 0.3) is 0 Å². The lowest BCUT2D eigenvalue weighted by molar-refractivity contribution is -0.130. The van der Waals surface area contributed by atoms with E-state index in [4.69, 9.17) is 0 Å². The molecule has 0 fully saturated rings. The van der Waals surface area contributed by atoms with E-state index < -0.39 is 0 Å². The summed E-state index contributed by atoms with van der Waals surface area (Å²) < 4.78 is 0. The number of hydrogen-bond donors (Lipinski definition) is 0. The molecule has 1 amide bonds. The van der Waals surface area contributed by atoms with E-state index in [9.17, 15) is 4.79 Å². The summed E-state index contributed by atoms with van der Waals surface area (Å²) in [5, 5.41) is 1.93. The predicted molar refractivity (Wildman–Crippen MR) is 83.9 cm³/mol. The first-order valence-electron chi connectivity index (χ1n) is 6.57. The van der Waals surface area contributed by atoms with E-state index >= 15 is 0 Å². The maximum Gasteiger partial charge on any atom is 0.240 e. The van der Waals surface area contributed by atoms with Crippen LogP contribution >= 0.6 is 23.1 Å². The minimum absolute atomic E-state index is 0.0661. The highest BCUT2D eigenvalue weighted by Crippen LogP contribution is 2.37. The van der Waals surface area contributed by atoms with E-state index in [-0.39, 0.29) is 11.2 Å². The summed E-state index contributed by atoms with van der Waals surface area (Å²) in [6.07, 6.45) is 1.06. The number of thiazole rings is 1. The number of amides is 1. The number of fused-ring (bicyclic) bond motifs is 1. The standard InChI is InChI=1S/C15H16N2OS2/c1-17(8-12-9-19-10-16-12)15(18)14-13-5-3-2-4-11(13)6-7-20-14/h2-5,9-10,14H,6-8H2,1H3/t14-/m1/s1. The van der Waals surface area contributed by atoms with Gasteiger partial charge in [-0.3, -0.25) is 4.79 Å². The van der Waals surface area contributed by atoms with Crippen molar-refractivity contribution >= 4 is 29.0 Å². The summed E-state index contributed by atoms with van der Waals surface area (Å²) in [6.45, 7) is 0.585. The Labute approximate surface area is 127 Å². The zero-order valence-electron chi connectivity index (χ0n) is 11.3. The van der Waals surface area contributed by atoms with Crippen LogP contribution in [0.4, 0.5) is 0 Å². The van der Waals surface area contributed by atoms with Crippen molar-refractivity contribution in [1.82, 2.24) is 9.88 Å². The summed E-state index contributed by atoms with van der Waals surface area (Å²) in [7, 11) is 1.86. The first-order chi connectivity index (χ1) is 9.75. The van der Waals surface area contributed by atoms with Crippen LogP contribution in [0, 0.1) is 0 Å². The average Bonchev–Trinajstić information content (AvgIpc) is 2.99. The molecule has 0 unspecified atom stereocenters. The van der Waals surface area contributed by atoms with Gasteiger partial charge in [-0.25, -0.2) is 4.98 Å². The Bertz CT molecular complexity index is 598. The van der Waals surface area contributed by atoms with Gasteiger partial charge in [0.1, 0.15) is 5.25 Å². The van der Waals surface area contributed by atoms with Crippen LogP contribution in [0.2, 0.25) is 0 Å². The molecule has 1 aliphatic heterocycles. The van der Waals surface area contributed by atoms with Crippen LogP contribution in [0.15, 0.2) is 35.2 Å². The molecular weight excluding hydrogens is 288 g/mol. The van der Waals surface area contributed by atoms with Gasteiger partial charge in [0.15, 0.2) is 0 Å². The molecule has 0 bridgehead atoms. The van der Waals surface area contributed by atoms with Crippen molar-refractivity contribution in [1.29, 1.82) is 0 Å². The number of rotatable bonds is 3. The summed E-state index contributed by atoms with van der Waals surface area (Å²) in [5.74, 6) is 1.19. The topological polar surface area (TPSA) is 33.2 Å². The molecule has 1 atom stereocenters. The van der Waals surface area contributed by atoms with Gasteiger partial charge in [0, 0.05) is 12.4 Å². The molecule has 104 valence electrons. The van der Waals surface area contributed by atoms with Crippen molar-refractivity contribution in [3.63, 3.8) is 0 Å². The zero-order chi connectivity index (χ0) is 13.9. The molecule has 0 saturated heterocycles. The van der Waals surface area contributed by atoms with E-state index in [1.165, 1.54) is 11.1 Å². The van der Waals surface area contributed by atoms with Crippen LogP contribution in [0.1, 0.15) is 22.1 Å². The zero-order valence-corrected chi connectivity index (χ0v) is 12.9. The van der Waals surface area contributed by atoms with E-state index in [0.717, 1.165) is 17.9 Å². The monoisotopic (exact) mass is 304 g/mol. The van der Waals surface area contributed by atoms with Gasteiger partial charge in [-0.15, -0.1) is 23.1 Å². The predicted octanol–water partition coefficient (Wildman–Crippen LogP) is 3.13. The average molecular weight is 304 g/mol. The molecule has 3 nitrogen and oxygen atoms in total. The summed E-state index contributed by atoms with van der Waals surface area (Å²) >= 11 is 3.31. The van der Waals surface area contributed by atoms with E-state index in [2.05, 4.69) is 23.2 Å². The first kappa shape index (κ1) is 13.6. The second-order valence-electron chi connectivity index (χ2n) is 4.87. The third-order valence-corrected chi connectivity index (χ3v) is 5.34. The van der Waals surface area contributed by atoms with Gasteiger partial charge < -0.3 is 4.90 Å². The molecule has 20 heavy (non-hydrogen) atoms. The number of hydrogen-bond acceptors (Lipinski definition) is 4. The lowest BCUT2D eigenvalue weighted by Crippen LogP contribution is -2.32. The fraction of sp³-hybridized carbons (Fsp3) is 0.333. The second-order valence-corrected chi connectivity index (χ2v) is 6.81. The third-order valence-electron chi connectivity index (χ3n) is 3.48. The van der Waals surface area contributed by atoms with E-state index in [0.29, 0.717) is 6.54 Å². The van der Waals surface area contributed by atoms with Gasteiger partial charge in [0.2, 0.25) is 5.91 Å². The van der Waals surface area contributed by atoms with Crippen LogP contribution in [-0.4, -0.2) is 28.6 Å². The quantitative estimate of drug-likeness (QED) is 0.873. The lowest BCUT2D eigenvalue weighted by Gasteiger charge is -2.28. The van der Waals surface area contributed by atoms with Gasteiger partial charge >= 0.3 is 0 Å². The number of aryl methyl sites for hydroxylation is 1. The highest BCUT2D eigenvalue weighted by atomic mass is 32.2. The Morgan fingerprint density at radius 2 is 2.30 bits per heavy atom. The van der Waals surface area contributed by atoms with Crippen LogP contribution in [-0.2, 0) is 17.8 Å². The molecule has 0 radical (unpaired) electrons.